The fourth-order valence-corrected chi connectivity index (χ4v) is 13.6. The molecule has 0 spiro atoms. The molecular formula is C108H156Cl4N30Y2+4. The number of rotatable bonds is 30. The van der Waals surface area contributed by atoms with Crippen LogP contribution in [0, 0.1) is 44.6 Å². The first-order chi connectivity index (χ1) is 66.6. The van der Waals surface area contributed by atoms with E-state index >= 15 is 0 Å². The average Bonchev–Trinajstić information content (AvgIpc) is 0.849. The van der Waals surface area contributed by atoms with Gasteiger partial charge in [0.25, 0.3) is 0 Å². The summed E-state index contributed by atoms with van der Waals surface area (Å²) in [5, 5.41) is 2.48. The molecule has 0 atom stereocenters. The minimum Gasteiger partial charge on any atom is -0.369 e. The van der Waals surface area contributed by atoms with E-state index in [1.165, 1.54) is 0 Å². The van der Waals surface area contributed by atoms with Gasteiger partial charge in [0.15, 0.2) is 35.8 Å². The Bertz CT molecular complexity index is 5230. The van der Waals surface area contributed by atoms with Crippen LogP contribution in [0.3, 0.4) is 0 Å². The number of halogens is 4. The molecule has 36 heteroatoms. The predicted molar refractivity (Wildman–Crippen MR) is 607 cm³/mol. The van der Waals surface area contributed by atoms with Crippen LogP contribution < -0.4 is 68.8 Å². The third-order valence-electron chi connectivity index (χ3n) is 21.6. The SMILES string of the molecule is CC(C)(C)CCN(Cc1ccc(CN(CCC(C)(C)C)C(N)=NC(N)=Nc2cc[c-]cc2)cc1)C(N)=NC(N)=Nc1cc[c-]cc1.CC(C)(C)CCN(Cc1ccc(CN(CCC(C)(C)C)C(N)=NC(N)=Nc2ccc(Cl)cc2)cc1)C(N)=NC(N)=Nc1ccc(Cl)cc1.CC(C)(C)CCN(Cc1ccc(CN(CCC(C)(C)C)C(N)=NC(N)=Nc2ccc(Cl)cc2)cc1)C(N)=NC(N)=Nc1ccc(Cl)cc1.[H+].[H+].[H+].[H+].[H+].[H+].[Y].[Y]. The normalized spacial score (nSPS) is 13.3. The van der Waals surface area contributed by atoms with Gasteiger partial charge < -0.3 is 98.2 Å². The average molecular weight is 2190 g/mol. The molecule has 0 saturated carbocycles. The van der Waals surface area contributed by atoms with Crippen molar-refractivity contribution in [3.05, 3.63) is 284 Å². The molecule has 0 aliphatic rings. The molecule has 0 aliphatic carbocycles. The van der Waals surface area contributed by atoms with Gasteiger partial charge >= 0.3 is 8.56 Å². The Morgan fingerprint density at radius 2 is 0.340 bits per heavy atom. The minimum atomic E-state index is 0. The van der Waals surface area contributed by atoms with Crippen LogP contribution in [-0.2, 0) is 105 Å². The smallest absolute Gasteiger partial charge is 0.369 e. The molecule has 0 aromatic heterocycles. The van der Waals surface area contributed by atoms with Gasteiger partial charge in [-0.1, -0.05) is 244 Å². The first-order valence-corrected chi connectivity index (χ1v) is 48.9. The van der Waals surface area contributed by atoms with Crippen molar-refractivity contribution in [3.63, 3.8) is 0 Å². The zero-order valence-corrected chi connectivity index (χ0v) is 95.9. The number of nitrogens with two attached hydrogens (primary N) is 12. The van der Waals surface area contributed by atoms with Gasteiger partial charge in [-0.2, -0.15) is 66.4 Å². The van der Waals surface area contributed by atoms with Crippen LogP contribution in [0.2, 0.25) is 20.1 Å². The summed E-state index contributed by atoms with van der Waals surface area (Å²) in [4.78, 5) is 64.8. The maximum Gasteiger partial charge on any atom is 1.00 e. The van der Waals surface area contributed by atoms with Gasteiger partial charge in [-0.05, 0) is 213 Å². The van der Waals surface area contributed by atoms with Crippen molar-refractivity contribution in [3.8, 4) is 0 Å². The van der Waals surface area contributed by atoms with Crippen molar-refractivity contribution < 1.29 is 74.0 Å². The third kappa shape index (κ3) is 51.5. The first-order valence-electron chi connectivity index (χ1n) is 47.4. The Morgan fingerprint density at radius 3 is 0.465 bits per heavy atom. The van der Waals surface area contributed by atoms with E-state index in [4.69, 9.17) is 115 Å². The largest absolute Gasteiger partial charge is 1.00 e. The van der Waals surface area contributed by atoms with Gasteiger partial charge in [0.2, 0.25) is 35.8 Å². The van der Waals surface area contributed by atoms with Crippen LogP contribution in [0.5, 0.6) is 0 Å². The third-order valence-corrected chi connectivity index (χ3v) is 22.6. The van der Waals surface area contributed by atoms with E-state index in [0.29, 0.717) is 169 Å². The van der Waals surface area contributed by atoms with E-state index in [1.807, 2.05) is 53.7 Å². The number of nitrogens with zero attached hydrogens (tertiary/aromatic N) is 18. The Morgan fingerprint density at radius 1 is 0.215 bits per heavy atom. The fourth-order valence-electron chi connectivity index (χ4n) is 13.1. The summed E-state index contributed by atoms with van der Waals surface area (Å²) < 4.78 is 0. The van der Waals surface area contributed by atoms with Crippen LogP contribution in [0.1, 0.15) is 205 Å². The van der Waals surface area contributed by atoms with E-state index in [-0.39, 0.29) is 142 Å². The van der Waals surface area contributed by atoms with Gasteiger partial charge in [0.05, 0.1) is 22.7 Å². The summed E-state index contributed by atoms with van der Waals surface area (Å²) in [5.41, 5.74) is 86.9. The van der Waals surface area contributed by atoms with Gasteiger partial charge in [0.1, 0.15) is 0 Å². The van der Waals surface area contributed by atoms with Crippen molar-refractivity contribution in [2.45, 2.75) is 202 Å². The Hall–Kier alpha value is -11.2. The maximum atomic E-state index is 6.50. The van der Waals surface area contributed by atoms with E-state index < -0.39 is 0 Å². The fraction of sp³-hybridized carbons (Fsp3) is 0.389. The van der Waals surface area contributed by atoms with E-state index in [1.54, 1.807) is 121 Å². The van der Waals surface area contributed by atoms with Crippen molar-refractivity contribution in [2.75, 3.05) is 39.3 Å². The summed E-state index contributed by atoms with van der Waals surface area (Å²) in [7, 11) is 0. The number of hydrogen-bond acceptors (Lipinski definition) is 6. The second-order valence-electron chi connectivity index (χ2n) is 41.9. The zero-order valence-electron chi connectivity index (χ0n) is 93.2. The second kappa shape index (κ2) is 59.4. The zero-order chi connectivity index (χ0) is 105. The van der Waals surface area contributed by atoms with Crippen molar-refractivity contribution >= 4 is 152 Å². The summed E-state index contributed by atoms with van der Waals surface area (Å²) >= 11 is 24.0. The molecule has 0 aliphatic heterocycles. The van der Waals surface area contributed by atoms with E-state index in [0.717, 1.165) is 71.9 Å². The summed E-state index contributed by atoms with van der Waals surface area (Å²) in [6.45, 7) is 47.1. The van der Waals surface area contributed by atoms with Crippen LogP contribution in [-0.4, -0.2) is 140 Å². The van der Waals surface area contributed by atoms with Crippen molar-refractivity contribution in [2.24, 2.45) is 161 Å². The number of hydrogen-bond donors (Lipinski definition) is 12. The Labute approximate surface area is 934 Å². The summed E-state index contributed by atoms with van der Waals surface area (Å²) in [6, 6.07) is 73.5. The Kier molecular flexibility index (Phi) is 50.9. The van der Waals surface area contributed by atoms with E-state index in [2.05, 4.69) is 269 Å². The molecule has 9 aromatic carbocycles. The molecule has 0 saturated heterocycles. The number of benzene rings is 9. The van der Waals surface area contributed by atoms with Gasteiger partial charge in [0, 0.05) is 164 Å². The summed E-state index contributed by atoms with van der Waals surface area (Å²) in [6.07, 6.45) is 5.46. The maximum absolute atomic E-state index is 6.50. The molecule has 2 radical (unpaired) electrons. The predicted octanol–water partition coefficient (Wildman–Crippen LogP) is 21.1. The number of aliphatic imine (C=N–C) groups is 12. The molecule has 144 heavy (non-hydrogen) atoms. The van der Waals surface area contributed by atoms with Gasteiger partial charge in [-0.3, -0.25) is 0 Å². The first kappa shape index (κ1) is 123. The molecule has 9 rings (SSSR count). The van der Waals surface area contributed by atoms with E-state index in [9.17, 15) is 0 Å². The second-order valence-corrected chi connectivity index (χ2v) is 43.7. The van der Waals surface area contributed by atoms with Crippen molar-refractivity contribution in [1.82, 2.24) is 29.4 Å². The molecule has 0 amide bonds. The molecule has 0 fully saturated rings. The van der Waals surface area contributed by atoms with Gasteiger partial charge in [-0.15, -0.1) is 24.3 Å². The molecule has 24 N–H and O–H groups in total. The number of guanidine groups is 12. The molecule has 0 bridgehead atoms. The molecule has 0 heterocycles. The standard InChI is InChI=1S/2C36H50Cl2N10.C36H50N10.2Y/c2*1-35(2,3)19-21-47(33(41)45-31(39)43-29-15-11-27(37)12-16-29)23-25-7-9-26(10-8-25)24-48(22-20-36(4,5)6)34(42)46-32(40)44-30-17-13-28(38)14-18-30;1-35(2,3)21-23-45(33(39)43-31(37)41-29-13-9-7-10-14-29)25-27-17-19-28(20-18-27)26-46(24-22-36(4,5)6)34(40)44-32(38)42-30-15-11-8-12-16-30;;/h2*7-18H,19-24H2,1-6H3,(H4,39,41,43,45)(H4,40,42,44,46);9-20H,21-26H2,1-6H3,(H4,37,39,41,43)(H4,38,40,42,44);;/q;;-2;;/p+6. The van der Waals surface area contributed by atoms with Crippen LogP contribution >= 0.6 is 46.4 Å². The molecule has 9 aromatic rings. The molecular weight excluding hydrogens is 2040 g/mol. The van der Waals surface area contributed by atoms with Crippen LogP contribution in [0.4, 0.5) is 34.1 Å². The van der Waals surface area contributed by atoms with Gasteiger partial charge in [-0.25, -0.2) is 30.0 Å². The minimum absolute atomic E-state index is 0. The Balaban J connectivity index is 0. The van der Waals surface area contributed by atoms with Crippen LogP contribution in [0.15, 0.2) is 278 Å². The monoisotopic (exact) mass is 2190 g/mol. The topological polar surface area (TPSA) is 480 Å². The molecule has 0 unspecified atom stereocenters. The quantitative estimate of drug-likeness (QED) is 0.0113. The summed E-state index contributed by atoms with van der Waals surface area (Å²) in [5.74, 6) is 2.32. The van der Waals surface area contributed by atoms with Crippen molar-refractivity contribution in [1.29, 1.82) is 0 Å². The molecule has 30 nitrogen and oxygen atoms in total. The van der Waals surface area contributed by atoms with Crippen LogP contribution in [0.25, 0.3) is 0 Å². The molecule has 768 valence electrons.